The van der Waals surface area contributed by atoms with Crippen molar-refractivity contribution in [3.8, 4) is 0 Å². The number of rotatable bonds is 42. The van der Waals surface area contributed by atoms with Gasteiger partial charge in [0.05, 0.1) is 38.3 Å². The summed E-state index contributed by atoms with van der Waals surface area (Å²) in [5.74, 6) is -0.331. The Morgan fingerprint density at radius 2 is 0.804 bits per heavy atom. The van der Waals surface area contributed by atoms with E-state index in [0.717, 1.165) is 70.8 Å². The van der Waals surface area contributed by atoms with Gasteiger partial charge >= 0.3 is 11.9 Å². The van der Waals surface area contributed by atoms with Gasteiger partial charge in [-0.15, -0.1) is 0 Å². The number of carbonyl (C=O) groups excluding carboxylic acids is 2. The highest BCUT2D eigenvalue weighted by Crippen LogP contribution is 2.22. The van der Waals surface area contributed by atoms with Crippen LogP contribution >= 0.6 is 0 Å². The monoisotopic (exact) mass is 796 g/mol. The van der Waals surface area contributed by atoms with Crippen molar-refractivity contribution in [1.82, 2.24) is 4.90 Å². The zero-order valence-corrected chi connectivity index (χ0v) is 37.5. The molecule has 0 spiro atoms. The van der Waals surface area contributed by atoms with Crippen LogP contribution < -0.4 is 0 Å². The van der Waals surface area contributed by atoms with Crippen LogP contribution in [0.15, 0.2) is 0 Å². The molecule has 1 rings (SSSR count). The molecule has 332 valence electrons. The summed E-state index contributed by atoms with van der Waals surface area (Å²) < 4.78 is 24.8. The number of esters is 2. The van der Waals surface area contributed by atoms with Gasteiger partial charge in [0.1, 0.15) is 12.2 Å². The third kappa shape index (κ3) is 30.8. The van der Waals surface area contributed by atoms with E-state index in [-0.39, 0.29) is 55.8 Å². The fraction of sp³-hybridized carbons (Fsp3) is 0.958. The smallest absolute Gasteiger partial charge is 0.308 e. The van der Waals surface area contributed by atoms with Crippen LogP contribution in [0.3, 0.4) is 0 Å². The van der Waals surface area contributed by atoms with Gasteiger partial charge in [-0.3, -0.25) is 14.5 Å². The minimum Gasteiger partial charge on any atom is -0.462 e. The molecule has 0 saturated carbocycles. The molecule has 1 heterocycles. The van der Waals surface area contributed by atoms with Crippen molar-refractivity contribution in [2.24, 2.45) is 0 Å². The van der Waals surface area contributed by atoms with Crippen molar-refractivity contribution in [2.45, 2.75) is 258 Å². The molecule has 8 heteroatoms. The van der Waals surface area contributed by atoms with Gasteiger partial charge in [-0.1, -0.05) is 156 Å². The highest BCUT2D eigenvalue weighted by atomic mass is 16.6. The van der Waals surface area contributed by atoms with Crippen LogP contribution in [0.1, 0.15) is 233 Å². The van der Waals surface area contributed by atoms with Crippen LogP contribution in [-0.4, -0.2) is 85.8 Å². The van der Waals surface area contributed by atoms with E-state index in [1.165, 1.54) is 128 Å². The average molecular weight is 796 g/mol. The quantitative estimate of drug-likeness (QED) is 0.0482. The molecule has 1 aliphatic heterocycles. The molecule has 0 radical (unpaired) electrons. The number of ether oxygens (including phenoxy) is 4. The van der Waals surface area contributed by atoms with Crippen LogP contribution in [0.4, 0.5) is 0 Å². The Balaban J connectivity index is 2.63. The molecule has 2 atom stereocenters. The van der Waals surface area contributed by atoms with Crippen molar-refractivity contribution in [2.75, 3.05) is 39.5 Å². The third-order valence-corrected chi connectivity index (χ3v) is 11.6. The maximum atomic E-state index is 13.1. The molecule has 1 fully saturated rings. The SMILES string of the molecule is CCCCCCCCC(CCCCCCCC)OC(=O)CCO[C@H]1CN(CCCCO)C[C@H]1OCCC(=O)OC(CCCCCCCC)CCCCCCCC. The molecule has 0 bridgehead atoms. The van der Waals surface area contributed by atoms with Gasteiger partial charge in [-0.2, -0.15) is 0 Å². The van der Waals surface area contributed by atoms with Gasteiger partial charge in [0, 0.05) is 19.7 Å². The van der Waals surface area contributed by atoms with E-state index in [2.05, 4.69) is 32.6 Å². The van der Waals surface area contributed by atoms with Gasteiger partial charge in [-0.05, 0) is 70.8 Å². The minimum atomic E-state index is -0.178. The van der Waals surface area contributed by atoms with Crippen molar-refractivity contribution in [3.05, 3.63) is 0 Å². The summed E-state index contributed by atoms with van der Waals surface area (Å²) in [7, 11) is 0. The molecule has 0 aromatic rings. The molecule has 1 saturated heterocycles. The van der Waals surface area contributed by atoms with Gasteiger partial charge < -0.3 is 24.1 Å². The number of aliphatic hydroxyl groups is 1. The lowest BCUT2D eigenvalue weighted by Crippen LogP contribution is -2.32. The van der Waals surface area contributed by atoms with Gasteiger partial charge in [-0.25, -0.2) is 0 Å². The maximum Gasteiger partial charge on any atom is 0.308 e. The minimum absolute atomic E-state index is 0.000345. The van der Waals surface area contributed by atoms with Crippen molar-refractivity contribution >= 4 is 11.9 Å². The standard InChI is InChI=1S/C48H93NO7/c1-5-9-13-17-21-25-31-43(32-26-22-18-14-10-6-2)55-47(51)35-39-53-45-41-49(37-29-30-38-50)42-46(45)54-40-36-48(52)56-44(33-27-23-19-15-11-7-3)34-28-24-20-16-12-8-4/h43-46,50H,5-42H2,1-4H3/t45-,46+. The number of unbranched alkanes of at least 4 members (excludes halogenated alkanes) is 21. The summed E-state index contributed by atoms with van der Waals surface area (Å²) in [4.78, 5) is 28.4. The van der Waals surface area contributed by atoms with Crippen molar-refractivity contribution in [1.29, 1.82) is 0 Å². The first-order chi connectivity index (χ1) is 27.5. The average Bonchev–Trinajstić information content (AvgIpc) is 3.57. The first kappa shape index (κ1) is 52.8. The molecule has 0 amide bonds. The molecule has 1 N–H and O–H groups in total. The molecule has 0 unspecified atom stereocenters. The molecular weight excluding hydrogens is 703 g/mol. The topological polar surface area (TPSA) is 94.5 Å². The fourth-order valence-corrected chi connectivity index (χ4v) is 7.98. The highest BCUT2D eigenvalue weighted by molar-refractivity contribution is 5.70. The lowest BCUT2D eigenvalue weighted by atomic mass is 10.0. The summed E-state index contributed by atoms with van der Waals surface area (Å²) in [6.07, 6.45) is 35.4. The lowest BCUT2D eigenvalue weighted by Gasteiger charge is -2.21. The molecule has 56 heavy (non-hydrogen) atoms. The summed E-state index contributed by atoms with van der Waals surface area (Å²) in [6, 6.07) is 0. The highest BCUT2D eigenvalue weighted by Gasteiger charge is 2.34. The number of likely N-dealkylation sites (tertiary alicyclic amines) is 1. The number of hydrogen-bond acceptors (Lipinski definition) is 8. The molecule has 0 aliphatic carbocycles. The van der Waals surface area contributed by atoms with E-state index < -0.39 is 0 Å². The molecule has 0 aromatic heterocycles. The predicted molar refractivity (Wildman–Crippen MR) is 233 cm³/mol. The van der Waals surface area contributed by atoms with Crippen LogP contribution in [0.25, 0.3) is 0 Å². The Bertz CT molecular complexity index is 776. The predicted octanol–water partition coefficient (Wildman–Crippen LogP) is 12.5. The first-order valence-electron chi connectivity index (χ1n) is 24.4. The van der Waals surface area contributed by atoms with E-state index >= 15 is 0 Å². The maximum absolute atomic E-state index is 13.1. The van der Waals surface area contributed by atoms with E-state index in [1.54, 1.807) is 0 Å². The fourth-order valence-electron chi connectivity index (χ4n) is 7.98. The van der Waals surface area contributed by atoms with Crippen LogP contribution in [0, 0.1) is 0 Å². The Labute approximate surface area is 346 Å². The van der Waals surface area contributed by atoms with Crippen molar-refractivity contribution in [3.63, 3.8) is 0 Å². The van der Waals surface area contributed by atoms with Gasteiger partial charge in [0.15, 0.2) is 0 Å². The Morgan fingerprint density at radius 1 is 0.482 bits per heavy atom. The van der Waals surface area contributed by atoms with Crippen LogP contribution in [0.5, 0.6) is 0 Å². The van der Waals surface area contributed by atoms with E-state index in [0.29, 0.717) is 26.3 Å². The number of hydrogen-bond donors (Lipinski definition) is 1. The summed E-state index contributed by atoms with van der Waals surface area (Å²) >= 11 is 0. The second-order valence-electron chi connectivity index (χ2n) is 17.0. The Hall–Kier alpha value is -1.22. The Kier molecular flexibility index (Phi) is 37.0. The second kappa shape index (κ2) is 39.3. The first-order valence-corrected chi connectivity index (χ1v) is 24.4. The second-order valence-corrected chi connectivity index (χ2v) is 17.0. The zero-order chi connectivity index (χ0) is 40.7. The largest absolute Gasteiger partial charge is 0.462 e. The van der Waals surface area contributed by atoms with E-state index in [4.69, 9.17) is 18.9 Å². The molecule has 8 nitrogen and oxygen atoms in total. The Morgan fingerprint density at radius 3 is 1.12 bits per heavy atom. The zero-order valence-electron chi connectivity index (χ0n) is 37.5. The van der Waals surface area contributed by atoms with Gasteiger partial charge in [0.2, 0.25) is 0 Å². The van der Waals surface area contributed by atoms with E-state index in [1.807, 2.05) is 0 Å². The molecular formula is C48H93NO7. The third-order valence-electron chi connectivity index (χ3n) is 11.6. The molecule has 1 aliphatic rings. The summed E-state index contributed by atoms with van der Waals surface area (Å²) in [6.45, 7) is 12.1. The van der Waals surface area contributed by atoms with Gasteiger partial charge in [0.25, 0.3) is 0 Å². The molecule has 0 aromatic carbocycles. The lowest BCUT2D eigenvalue weighted by molar-refractivity contribution is -0.154. The number of aliphatic hydroxyl groups excluding tert-OH is 1. The number of carbonyl (C=O) groups is 2. The summed E-state index contributed by atoms with van der Waals surface area (Å²) in [5.41, 5.74) is 0. The number of nitrogens with zero attached hydrogens (tertiary/aromatic N) is 1. The van der Waals surface area contributed by atoms with E-state index in [9.17, 15) is 14.7 Å². The summed E-state index contributed by atoms with van der Waals surface area (Å²) in [5, 5.41) is 9.32. The van der Waals surface area contributed by atoms with Crippen LogP contribution in [0.2, 0.25) is 0 Å². The normalized spacial score (nSPS) is 16.1. The van der Waals surface area contributed by atoms with Crippen LogP contribution in [-0.2, 0) is 28.5 Å². The van der Waals surface area contributed by atoms with Crippen molar-refractivity contribution < 1.29 is 33.6 Å².